The lowest BCUT2D eigenvalue weighted by Crippen LogP contribution is -2.14. The summed E-state index contributed by atoms with van der Waals surface area (Å²) in [5.74, 6) is -3.77. The molecule has 104 valence electrons. The van der Waals surface area contributed by atoms with E-state index in [1.165, 1.54) is 12.8 Å². The van der Waals surface area contributed by atoms with Crippen LogP contribution in [0.5, 0.6) is 0 Å². The molecule has 0 atom stereocenters. The molecule has 1 N–H and O–H groups in total. The van der Waals surface area contributed by atoms with Crippen LogP contribution in [0.4, 0.5) is 13.2 Å². The summed E-state index contributed by atoms with van der Waals surface area (Å²) in [6.45, 7) is 0.789. The number of nitrogens with one attached hydrogen (secondary N) is 1. The molecule has 0 bridgehead atoms. The molecule has 3 rings (SSSR count). The summed E-state index contributed by atoms with van der Waals surface area (Å²) in [5.41, 5.74) is 2.12. The van der Waals surface area contributed by atoms with Crippen LogP contribution in [0.3, 0.4) is 0 Å². The van der Waals surface area contributed by atoms with Gasteiger partial charge in [-0.2, -0.15) is 0 Å². The molecule has 0 aromatic heterocycles. The Labute approximate surface area is 115 Å². The van der Waals surface area contributed by atoms with Crippen LogP contribution >= 0.6 is 0 Å². The van der Waals surface area contributed by atoms with Gasteiger partial charge in [0.1, 0.15) is 0 Å². The van der Waals surface area contributed by atoms with Crippen molar-refractivity contribution < 1.29 is 13.2 Å². The molecule has 1 saturated carbocycles. The Kier molecular flexibility index (Phi) is 3.49. The summed E-state index contributed by atoms with van der Waals surface area (Å²) in [6, 6.07) is 10.0. The van der Waals surface area contributed by atoms with E-state index in [1.54, 1.807) is 12.1 Å². The molecule has 1 aliphatic carbocycles. The summed E-state index contributed by atoms with van der Waals surface area (Å²) < 4.78 is 39.3. The predicted octanol–water partition coefficient (Wildman–Crippen LogP) is 4.02. The van der Waals surface area contributed by atoms with Gasteiger partial charge in [0.15, 0.2) is 17.5 Å². The van der Waals surface area contributed by atoms with Gasteiger partial charge in [-0.1, -0.05) is 24.3 Å². The largest absolute Gasteiger partial charge is 0.310 e. The van der Waals surface area contributed by atoms with Crippen molar-refractivity contribution in [2.75, 3.05) is 0 Å². The van der Waals surface area contributed by atoms with Crippen molar-refractivity contribution >= 4 is 0 Å². The Bertz CT molecular complexity index is 595. The Hall–Kier alpha value is -1.81. The zero-order chi connectivity index (χ0) is 14.1. The zero-order valence-corrected chi connectivity index (χ0v) is 10.8. The molecule has 1 aliphatic rings. The summed E-state index contributed by atoms with van der Waals surface area (Å²) >= 11 is 0. The average molecular weight is 277 g/mol. The molecule has 0 saturated heterocycles. The predicted molar refractivity (Wildman–Crippen MR) is 71.6 cm³/mol. The molecule has 20 heavy (non-hydrogen) atoms. The molecular weight excluding hydrogens is 263 g/mol. The third-order valence-corrected chi connectivity index (χ3v) is 3.44. The molecule has 0 heterocycles. The molecule has 4 heteroatoms. The van der Waals surface area contributed by atoms with Crippen molar-refractivity contribution in [3.63, 3.8) is 0 Å². The molecule has 0 aliphatic heterocycles. The maximum atomic E-state index is 13.2. The third-order valence-electron chi connectivity index (χ3n) is 3.44. The van der Waals surface area contributed by atoms with Crippen LogP contribution in [0.15, 0.2) is 36.4 Å². The van der Waals surface area contributed by atoms with E-state index in [0.717, 1.165) is 24.2 Å². The maximum Gasteiger partial charge on any atom is 0.194 e. The van der Waals surface area contributed by atoms with Crippen molar-refractivity contribution in [3.05, 3.63) is 59.4 Å². The standard InChI is InChI=1S/C16H14F3N/c17-14-7-12(8-15(18)16(14)19)11-3-1-10(2-4-11)9-20-13-5-6-13/h1-4,7-8,13,20H,5-6,9H2. The van der Waals surface area contributed by atoms with Gasteiger partial charge in [0.2, 0.25) is 0 Å². The topological polar surface area (TPSA) is 12.0 Å². The Morgan fingerprint density at radius 1 is 0.900 bits per heavy atom. The van der Waals surface area contributed by atoms with E-state index in [-0.39, 0.29) is 0 Å². The quantitative estimate of drug-likeness (QED) is 0.832. The fourth-order valence-electron chi connectivity index (χ4n) is 2.09. The van der Waals surface area contributed by atoms with Crippen LogP contribution in [0.1, 0.15) is 18.4 Å². The zero-order valence-electron chi connectivity index (χ0n) is 10.8. The molecule has 1 nitrogen and oxygen atoms in total. The second-order valence-electron chi connectivity index (χ2n) is 5.11. The van der Waals surface area contributed by atoms with E-state index in [0.29, 0.717) is 17.2 Å². The number of benzene rings is 2. The molecular formula is C16H14F3N. The Morgan fingerprint density at radius 3 is 2.05 bits per heavy atom. The van der Waals surface area contributed by atoms with Gasteiger partial charge in [-0.25, -0.2) is 13.2 Å². The second-order valence-corrected chi connectivity index (χ2v) is 5.11. The van der Waals surface area contributed by atoms with Crippen LogP contribution in [0.2, 0.25) is 0 Å². The van der Waals surface area contributed by atoms with Crippen molar-refractivity contribution in [2.45, 2.75) is 25.4 Å². The average Bonchev–Trinajstić information content (AvgIpc) is 3.27. The lowest BCUT2D eigenvalue weighted by Gasteiger charge is -2.06. The van der Waals surface area contributed by atoms with Crippen LogP contribution in [-0.4, -0.2) is 6.04 Å². The highest BCUT2D eigenvalue weighted by Crippen LogP contribution is 2.24. The Balaban J connectivity index is 1.79. The van der Waals surface area contributed by atoms with Crippen molar-refractivity contribution in [1.82, 2.24) is 5.32 Å². The maximum absolute atomic E-state index is 13.2. The van der Waals surface area contributed by atoms with Crippen molar-refractivity contribution in [3.8, 4) is 11.1 Å². The normalized spacial score (nSPS) is 14.6. The first-order valence-corrected chi connectivity index (χ1v) is 6.61. The van der Waals surface area contributed by atoms with Gasteiger partial charge in [-0.05, 0) is 41.7 Å². The first-order valence-electron chi connectivity index (χ1n) is 6.61. The number of hydrogen-bond acceptors (Lipinski definition) is 1. The first-order chi connectivity index (χ1) is 9.63. The first kappa shape index (κ1) is 13.2. The fourth-order valence-corrected chi connectivity index (χ4v) is 2.09. The van der Waals surface area contributed by atoms with E-state index >= 15 is 0 Å². The van der Waals surface area contributed by atoms with E-state index in [4.69, 9.17) is 0 Å². The number of halogens is 3. The van der Waals surface area contributed by atoms with Gasteiger partial charge >= 0.3 is 0 Å². The summed E-state index contributed by atoms with van der Waals surface area (Å²) in [4.78, 5) is 0. The molecule has 2 aromatic carbocycles. The molecule has 0 unspecified atom stereocenters. The van der Waals surface area contributed by atoms with Crippen molar-refractivity contribution in [1.29, 1.82) is 0 Å². The van der Waals surface area contributed by atoms with Gasteiger partial charge in [0.05, 0.1) is 0 Å². The smallest absolute Gasteiger partial charge is 0.194 e. The van der Waals surface area contributed by atoms with Gasteiger partial charge in [-0.3, -0.25) is 0 Å². The molecule has 2 aromatic rings. The highest BCUT2D eigenvalue weighted by atomic mass is 19.2. The number of hydrogen-bond donors (Lipinski definition) is 1. The Morgan fingerprint density at radius 2 is 1.50 bits per heavy atom. The minimum atomic E-state index is -1.43. The third kappa shape index (κ3) is 2.85. The van der Waals surface area contributed by atoms with Gasteiger partial charge in [0.25, 0.3) is 0 Å². The summed E-state index contributed by atoms with van der Waals surface area (Å²) in [5, 5.41) is 3.39. The highest BCUT2D eigenvalue weighted by molar-refractivity contribution is 5.63. The minimum Gasteiger partial charge on any atom is -0.310 e. The monoisotopic (exact) mass is 277 g/mol. The van der Waals surface area contributed by atoms with Crippen LogP contribution in [0.25, 0.3) is 11.1 Å². The van der Waals surface area contributed by atoms with Crippen LogP contribution < -0.4 is 5.32 Å². The fraction of sp³-hybridized carbons (Fsp3) is 0.250. The SMILES string of the molecule is Fc1cc(-c2ccc(CNC3CC3)cc2)cc(F)c1F. The summed E-state index contributed by atoms with van der Waals surface area (Å²) in [6.07, 6.45) is 2.46. The molecule has 0 radical (unpaired) electrons. The van der Waals surface area contributed by atoms with Gasteiger partial charge in [-0.15, -0.1) is 0 Å². The second kappa shape index (κ2) is 5.29. The molecule has 0 spiro atoms. The van der Waals surface area contributed by atoms with Gasteiger partial charge < -0.3 is 5.32 Å². The van der Waals surface area contributed by atoms with Crippen molar-refractivity contribution in [2.24, 2.45) is 0 Å². The van der Waals surface area contributed by atoms with Gasteiger partial charge in [0, 0.05) is 12.6 Å². The lowest BCUT2D eigenvalue weighted by atomic mass is 10.0. The lowest BCUT2D eigenvalue weighted by molar-refractivity contribution is 0.448. The van der Waals surface area contributed by atoms with Crippen LogP contribution in [-0.2, 0) is 6.54 Å². The van der Waals surface area contributed by atoms with E-state index in [1.807, 2.05) is 12.1 Å². The molecule has 0 amide bonds. The van der Waals surface area contributed by atoms with E-state index in [9.17, 15) is 13.2 Å². The summed E-state index contributed by atoms with van der Waals surface area (Å²) in [7, 11) is 0. The molecule has 1 fully saturated rings. The van der Waals surface area contributed by atoms with Crippen LogP contribution in [0, 0.1) is 17.5 Å². The number of rotatable bonds is 4. The minimum absolute atomic E-state index is 0.336. The van der Waals surface area contributed by atoms with E-state index < -0.39 is 17.5 Å². The van der Waals surface area contributed by atoms with E-state index in [2.05, 4.69) is 5.32 Å². The highest BCUT2D eigenvalue weighted by Gasteiger charge is 2.19.